The number of pyridine rings is 1. The number of fused-ring (bicyclic) bond motifs is 1. The van der Waals surface area contributed by atoms with Gasteiger partial charge in [0, 0.05) is 44.0 Å². The van der Waals surface area contributed by atoms with Crippen LogP contribution in [-0.2, 0) is 17.8 Å². The van der Waals surface area contributed by atoms with Gasteiger partial charge in [-0.15, -0.1) is 0 Å². The Kier molecular flexibility index (Phi) is 4.34. The van der Waals surface area contributed by atoms with Gasteiger partial charge in [0.25, 0.3) is 0 Å². The first-order valence-electron chi connectivity index (χ1n) is 9.27. The van der Waals surface area contributed by atoms with Crippen LogP contribution in [-0.4, -0.2) is 46.4 Å². The zero-order valence-electron chi connectivity index (χ0n) is 13.9. The van der Waals surface area contributed by atoms with Crippen LogP contribution in [0, 0.1) is 5.92 Å². The molecule has 4 heteroatoms. The van der Waals surface area contributed by atoms with Gasteiger partial charge in [-0.25, -0.2) is 0 Å². The molecule has 124 valence electrons. The second-order valence-electron chi connectivity index (χ2n) is 7.39. The maximum atomic E-state index is 13.0. The lowest BCUT2D eigenvalue weighted by molar-refractivity contribution is -0.138. The summed E-state index contributed by atoms with van der Waals surface area (Å²) in [5.41, 5.74) is 2.41. The summed E-state index contributed by atoms with van der Waals surface area (Å²) in [7, 11) is 0. The number of hydrogen-bond acceptors (Lipinski definition) is 3. The molecule has 23 heavy (non-hydrogen) atoms. The minimum absolute atomic E-state index is 0.211. The van der Waals surface area contributed by atoms with Gasteiger partial charge in [-0.1, -0.05) is 18.9 Å². The van der Waals surface area contributed by atoms with Gasteiger partial charge in [0.05, 0.1) is 5.92 Å². The van der Waals surface area contributed by atoms with Crippen LogP contribution in [0.5, 0.6) is 0 Å². The van der Waals surface area contributed by atoms with E-state index in [4.69, 9.17) is 0 Å². The molecular formula is C19H27N3O. The van der Waals surface area contributed by atoms with Crippen LogP contribution >= 0.6 is 0 Å². The van der Waals surface area contributed by atoms with Gasteiger partial charge in [-0.3, -0.25) is 14.7 Å². The van der Waals surface area contributed by atoms with Crippen molar-refractivity contribution in [3.05, 3.63) is 29.6 Å². The first-order chi connectivity index (χ1) is 11.3. The van der Waals surface area contributed by atoms with Gasteiger partial charge in [-0.05, 0) is 43.9 Å². The van der Waals surface area contributed by atoms with Crippen molar-refractivity contribution in [2.75, 3.05) is 19.6 Å². The van der Waals surface area contributed by atoms with E-state index < -0.39 is 0 Å². The number of piperidine rings is 1. The highest BCUT2D eigenvalue weighted by Crippen LogP contribution is 2.29. The van der Waals surface area contributed by atoms with Crippen LogP contribution in [0.15, 0.2) is 18.3 Å². The van der Waals surface area contributed by atoms with Crippen molar-refractivity contribution in [2.24, 2.45) is 5.92 Å². The maximum absolute atomic E-state index is 13.0. The number of aromatic nitrogens is 1. The van der Waals surface area contributed by atoms with E-state index in [0.29, 0.717) is 5.91 Å². The number of rotatable bonds is 2. The molecule has 1 atom stereocenters. The third-order valence-electron chi connectivity index (χ3n) is 5.92. The second kappa shape index (κ2) is 6.60. The van der Waals surface area contributed by atoms with E-state index in [-0.39, 0.29) is 5.92 Å². The van der Waals surface area contributed by atoms with E-state index in [1.165, 1.54) is 49.9 Å². The standard InChI is InChI=1S/C19H27N3O/c23-19(22-12-9-18-15(13-22)5-3-10-20-18)16-6-4-11-21(14-16)17-7-1-2-8-17/h3,5,10,16-17H,1-2,4,6-9,11-14H2. The Morgan fingerprint density at radius 1 is 1.13 bits per heavy atom. The van der Waals surface area contributed by atoms with Crippen molar-refractivity contribution in [3.8, 4) is 0 Å². The summed E-state index contributed by atoms with van der Waals surface area (Å²) in [4.78, 5) is 22.1. The summed E-state index contributed by atoms with van der Waals surface area (Å²) in [6.45, 7) is 3.77. The normalized spacial score (nSPS) is 26.3. The van der Waals surface area contributed by atoms with E-state index in [1.54, 1.807) is 0 Å². The van der Waals surface area contributed by atoms with Crippen LogP contribution in [0.25, 0.3) is 0 Å². The van der Waals surface area contributed by atoms with Gasteiger partial charge < -0.3 is 4.90 Å². The van der Waals surface area contributed by atoms with Crippen LogP contribution < -0.4 is 0 Å². The first kappa shape index (κ1) is 15.1. The Morgan fingerprint density at radius 2 is 2.00 bits per heavy atom. The Labute approximate surface area is 138 Å². The summed E-state index contributed by atoms with van der Waals surface area (Å²) in [6, 6.07) is 4.85. The van der Waals surface area contributed by atoms with Crippen LogP contribution in [0.4, 0.5) is 0 Å². The van der Waals surface area contributed by atoms with E-state index in [9.17, 15) is 4.79 Å². The Hall–Kier alpha value is -1.42. The summed E-state index contributed by atoms with van der Waals surface area (Å²) >= 11 is 0. The highest BCUT2D eigenvalue weighted by atomic mass is 16.2. The fourth-order valence-electron chi connectivity index (χ4n) is 4.62. The minimum Gasteiger partial charge on any atom is -0.338 e. The van der Waals surface area contributed by atoms with E-state index in [1.807, 2.05) is 12.3 Å². The van der Waals surface area contributed by atoms with Crippen LogP contribution in [0.1, 0.15) is 49.8 Å². The third-order valence-corrected chi connectivity index (χ3v) is 5.92. The Balaban J connectivity index is 1.40. The molecule has 0 radical (unpaired) electrons. The smallest absolute Gasteiger partial charge is 0.227 e. The number of carbonyl (C=O) groups excluding carboxylic acids is 1. The number of carbonyl (C=O) groups is 1. The number of likely N-dealkylation sites (tertiary alicyclic amines) is 1. The predicted octanol–water partition coefficient (Wildman–Crippen LogP) is 2.62. The van der Waals surface area contributed by atoms with E-state index >= 15 is 0 Å². The molecule has 3 heterocycles. The molecule has 1 unspecified atom stereocenters. The van der Waals surface area contributed by atoms with Crippen molar-refractivity contribution in [1.82, 2.24) is 14.8 Å². The molecule has 3 aliphatic rings. The molecule has 0 aromatic carbocycles. The molecule has 0 bridgehead atoms. The summed E-state index contributed by atoms with van der Waals surface area (Å²) in [5.74, 6) is 0.588. The zero-order valence-corrected chi connectivity index (χ0v) is 13.9. The molecule has 1 saturated carbocycles. The van der Waals surface area contributed by atoms with Gasteiger partial charge >= 0.3 is 0 Å². The summed E-state index contributed by atoms with van der Waals surface area (Å²) < 4.78 is 0. The van der Waals surface area contributed by atoms with Crippen molar-refractivity contribution >= 4 is 5.91 Å². The Morgan fingerprint density at radius 3 is 2.87 bits per heavy atom. The van der Waals surface area contributed by atoms with Crippen LogP contribution in [0.2, 0.25) is 0 Å². The molecule has 1 amide bonds. The van der Waals surface area contributed by atoms with E-state index in [0.717, 1.165) is 38.5 Å². The molecule has 2 fully saturated rings. The van der Waals surface area contributed by atoms with Crippen molar-refractivity contribution in [2.45, 2.75) is 57.5 Å². The average Bonchev–Trinajstić information content (AvgIpc) is 3.15. The Bertz CT molecular complexity index is 567. The molecule has 2 aliphatic heterocycles. The van der Waals surface area contributed by atoms with Crippen molar-refractivity contribution < 1.29 is 4.79 Å². The molecule has 4 rings (SSSR count). The topological polar surface area (TPSA) is 36.4 Å². The SMILES string of the molecule is O=C(C1CCCN(C2CCCC2)C1)N1CCc2ncccc2C1. The minimum atomic E-state index is 0.211. The quantitative estimate of drug-likeness (QED) is 0.842. The van der Waals surface area contributed by atoms with Crippen molar-refractivity contribution in [3.63, 3.8) is 0 Å². The highest BCUT2D eigenvalue weighted by Gasteiger charge is 2.34. The molecule has 1 aliphatic carbocycles. The van der Waals surface area contributed by atoms with Gasteiger partial charge in [0.1, 0.15) is 0 Å². The number of amides is 1. The third kappa shape index (κ3) is 3.14. The first-order valence-corrected chi connectivity index (χ1v) is 9.27. The number of hydrogen-bond donors (Lipinski definition) is 0. The molecule has 1 saturated heterocycles. The highest BCUT2D eigenvalue weighted by molar-refractivity contribution is 5.79. The fraction of sp³-hybridized carbons (Fsp3) is 0.684. The predicted molar refractivity (Wildman–Crippen MR) is 89.9 cm³/mol. The monoisotopic (exact) mass is 313 g/mol. The zero-order chi connectivity index (χ0) is 15.6. The van der Waals surface area contributed by atoms with Crippen LogP contribution in [0.3, 0.4) is 0 Å². The maximum Gasteiger partial charge on any atom is 0.227 e. The lowest BCUT2D eigenvalue weighted by atomic mass is 9.93. The molecule has 4 nitrogen and oxygen atoms in total. The average molecular weight is 313 g/mol. The molecule has 0 spiro atoms. The van der Waals surface area contributed by atoms with Gasteiger partial charge in [0.2, 0.25) is 5.91 Å². The molecular weight excluding hydrogens is 286 g/mol. The number of nitrogens with zero attached hydrogens (tertiary/aromatic N) is 3. The van der Waals surface area contributed by atoms with Gasteiger partial charge in [-0.2, -0.15) is 0 Å². The largest absolute Gasteiger partial charge is 0.338 e. The van der Waals surface area contributed by atoms with Crippen molar-refractivity contribution in [1.29, 1.82) is 0 Å². The molecule has 0 N–H and O–H groups in total. The molecule has 1 aromatic heterocycles. The second-order valence-corrected chi connectivity index (χ2v) is 7.39. The lowest BCUT2D eigenvalue weighted by Crippen LogP contribution is -2.48. The summed E-state index contributed by atoms with van der Waals surface area (Å²) in [6.07, 6.45) is 10.4. The summed E-state index contributed by atoms with van der Waals surface area (Å²) in [5, 5.41) is 0. The molecule has 1 aromatic rings. The van der Waals surface area contributed by atoms with Gasteiger partial charge in [0.15, 0.2) is 0 Å². The fourth-order valence-corrected chi connectivity index (χ4v) is 4.62. The van der Waals surface area contributed by atoms with E-state index in [2.05, 4.69) is 20.9 Å². The lowest BCUT2D eigenvalue weighted by Gasteiger charge is -2.39.